The predicted molar refractivity (Wildman–Crippen MR) is 160 cm³/mol. The van der Waals surface area contributed by atoms with Gasteiger partial charge in [-0.25, -0.2) is 4.90 Å². The number of imide groups is 1. The van der Waals surface area contributed by atoms with Crippen LogP contribution in [-0.4, -0.2) is 25.1 Å². The first-order chi connectivity index (χ1) is 20.1. The molecule has 1 heterocycles. The van der Waals surface area contributed by atoms with Crippen molar-refractivity contribution in [2.75, 3.05) is 12.0 Å². The quantitative estimate of drug-likeness (QED) is 0.188. The predicted octanol–water partition coefficient (Wildman–Crippen LogP) is 6.80. The molecule has 5 aromatic rings. The molecule has 5 heteroatoms. The Bertz CT molecular complexity index is 1910. The van der Waals surface area contributed by atoms with Crippen LogP contribution in [0.3, 0.4) is 0 Å². The number of hydrogen-bond acceptors (Lipinski definition) is 4. The molecule has 0 aromatic heterocycles. The second kappa shape index (κ2) is 8.73. The highest BCUT2D eigenvalue weighted by Gasteiger charge is 2.65. The Morgan fingerprint density at radius 2 is 1.56 bits per heavy atom. The van der Waals surface area contributed by atoms with Crippen molar-refractivity contribution >= 4 is 40.2 Å². The number of benzene rings is 5. The van der Waals surface area contributed by atoms with Crippen LogP contribution in [-0.2, 0) is 15.0 Å². The van der Waals surface area contributed by atoms with Gasteiger partial charge in [-0.15, -0.1) is 0 Å². The molecule has 198 valence electrons. The summed E-state index contributed by atoms with van der Waals surface area (Å²) < 4.78 is 5.44. The van der Waals surface area contributed by atoms with E-state index in [9.17, 15) is 9.59 Å². The molecular formula is C36H26N2O3. The maximum absolute atomic E-state index is 14.8. The van der Waals surface area contributed by atoms with Crippen molar-refractivity contribution in [2.45, 2.75) is 11.3 Å². The number of rotatable bonds is 4. The molecule has 4 bridgehead atoms. The summed E-state index contributed by atoms with van der Waals surface area (Å²) in [5.41, 5.74) is 4.52. The van der Waals surface area contributed by atoms with E-state index in [0.717, 1.165) is 38.7 Å². The van der Waals surface area contributed by atoms with Gasteiger partial charge in [-0.05, 0) is 45.8 Å². The highest BCUT2D eigenvalue weighted by molar-refractivity contribution is 6.27. The number of ether oxygens (including phenoxy) is 1. The van der Waals surface area contributed by atoms with Gasteiger partial charge in [0.1, 0.15) is 5.75 Å². The Morgan fingerprint density at radius 3 is 2.41 bits per heavy atom. The third kappa shape index (κ3) is 3.20. The Balaban J connectivity index is 1.40. The molecule has 1 fully saturated rings. The molecule has 41 heavy (non-hydrogen) atoms. The van der Waals surface area contributed by atoms with Crippen LogP contribution in [0.2, 0.25) is 0 Å². The van der Waals surface area contributed by atoms with E-state index in [4.69, 9.17) is 9.73 Å². The molecule has 4 atom stereocenters. The van der Waals surface area contributed by atoms with Gasteiger partial charge >= 0.3 is 0 Å². The Morgan fingerprint density at radius 1 is 0.805 bits per heavy atom. The number of carbonyl (C=O) groups is 2. The Kier molecular flexibility index (Phi) is 5.08. The first-order valence-electron chi connectivity index (χ1n) is 13.9. The van der Waals surface area contributed by atoms with Gasteiger partial charge in [-0.1, -0.05) is 91.0 Å². The molecule has 0 unspecified atom stereocenters. The highest BCUT2D eigenvalue weighted by atomic mass is 16.5. The summed E-state index contributed by atoms with van der Waals surface area (Å²) in [6.45, 7) is 0. The summed E-state index contributed by atoms with van der Waals surface area (Å²) in [6.07, 6.45) is 1.91. The van der Waals surface area contributed by atoms with Crippen molar-refractivity contribution in [1.82, 2.24) is 0 Å². The number of aliphatic imine (C=N–C) groups is 1. The van der Waals surface area contributed by atoms with Crippen molar-refractivity contribution in [3.63, 3.8) is 0 Å². The van der Waals surface area contributed by atoms with Crippen molar-refractivity contribution < 1.29 is 14.3 Å². The third-order valence-electron chi connectivity index (χ3n) is 9.17. The summed E-state index contributed by atoms with van der Waals surface area (Å²) in [5.74, 6) is -1.08. The van der Waals surface area contributed by atoms with Crippen molar-refractivity contribution in [1.29, 1.82) is 0 Å². The summed E-state index contributed by atoms with van der Waals surface area (Å²) in [6, 6.07) is 37.9. The molecule has 1 aliphatic heterocycles. The van der Waals surface area contributed by atoms with Gasteiger partial charge in [-0.3, -0.25) is 14.6 Å². The van der Waals surface area contributed by atoms with Gasteiger partial charge in [0.15, 0.2) is 0 Å². The van der Waals surface area contributed by atoms with Gasteiger partial charge < -0.3 is 4.74 Å². The normalized spacial score (nSPS) is 24.0. The first-order valence-corrected chi connectivity index (χ1v) is 13.9. The van der Waals surface area contributed by atoms with Crippen LogP contribution in [0.5, 0.6) is 5.75 Å². The fourth-order valence-corrected chi connectivity index (χ4v) is 7.43. The van der Waals surface area contributed by atoms with Gasteiger partial charge in [-0.2, -0.15) is 0 Å². The lowest BCUT2D eigenvalue weighted by Gasteiger charge is -2.48. The number of hydrogen-bond donors (Lipinski definition) is 0. The number of amides is 2. The van der Waals surface area contributed by atoms with Crippen LogP contribution in [0.1, 0.15) is 28.2 Å². The van der Waals surface area contributed by atoms with E-state index in [0.29, 0.717) is 11.4 Å². The number of carbonyl (C=O) groups excluding carboxylic acids is 2. The third-order valence-corrected chi connectivity index (χ3v) is 9.17. The maximum Gasteiger partial charge on any atom is 0.239 e. The Hall–Kier alpha value is -5.03. The molecule has 5 aromatic carbocycles. The van der Waals surface area contributed by atoms with Gasteiger partial charge in [0.05, 0.1) is 35.7 Å². The summed E-state index contributed by atoms with van der Waals surface area (Å²) in [5, 5.41) is 1.87. The topological polar surface area (TPSA) is 59.0 Å². The molecule has 5 aliphatic carbocycles. The van der Waals surface area contributed by atoms with Crippen LogP contribution in [0, 0.1) is 11.8 Å². The second-order valence-corrected chi connectivity index (χ2v) is 11.0. The van der Waals surface area contributed by atoms with Crippen LogP contribution < -0.4 is 9.64 Å². The molecule has 0 radical (unpaired) electrons. The average Bonchev–Trinajstić information content (AvgIpc) is 3.27. The molecule has 0 N–H and O–H groups in total. The van der Waals surface area contributed by atoms with E-state index in [-0.39, 0.29) is 17.7 Å². The van der Waals surface area contributed by atoms with E-state index in [1.54, 1.807) is 7.11 Å². The minimum atomic E-state index is -0.939. The lowest BCUT2D eigenvalue weighted by molar-refractivity contribution is -0.122. The zero-order valence-corrected chi connectivity index (χ0v) is 22.4. The van der Waals surface area contributed by atoms with Crippen LogP contribution in [0.25, 0.3) is 10.8 Å². The van der Waals surface area contributed by atoms with Crippen molar-refractivity contribution in [3.8, 4) is 5.75 Å². The second-order valence-electron chi connectivity index (χ2n) is 11.0. The highest BCUT2D eigenvalue weighted by Crippen LogP contribution is 2.60. The maximum atomic E-state index is 14.8. The average molecular weight is 535 g/mol. The number of fused-ring (bicyclic) bond motifs is 1. The number of methoxy groups -OCH3 is 1. The fraction of sp³-hybridized carbons (Fsp3) is 0.139. The zero-order chi connectivity index (χ0) is 27.7. The summed E-state index contributed by atoms with van der Waals surface area (Å²) in [4.78, 5) is 35.8. The molecule has 6 aliphatic rings. The van der Waals surface area contributed by atoms with E-state index in [1.165, 1.54) is 4.90 Å². The van der Waals surface area contributed by atoms with E-state index in [2.05, 4.69) is 36.4 Å². The molecular weight excluding hydrogens is 508 g/mol. The lowest BCUT2D eigenvalue weighted by Crippen LogP contribution is -2.51. The minimum Gasteiger partial charge on any atom is -0.497 e. The molecule has 0 spiro atoms. The first kappa shape index (κ1) is 23.8. The zero-order valence-electron chi connectivity index (χ0n) is 22.4. The lowest BCUT2D eigenvalue weighted by atomic mass is 9.52. The van der Waals surface area contributed by atoms with E-state index in [1.807, 2.05) is 85.1 Å². The molecule has 5 nitrogen and oxygen atoms in total. The number of nitrogens with zero attached hydrogens (tertiary/aromatic N) is 2. The summed E-state index contributed by atoms with van der Waals surface area (Å²) in [7, 11) is 1.63. The van der Waals surface area contributed by atoms with Crippen LogP contribution >= 0.6 is 0 Å². The van der Waals surface area contributed by atoms with Gasteiger partial charge in [0.2, 0.25) is 11.8 Å². The SMILES string of the molecule is COc1cccc(N=C[C@@]23c4ccc(cc4)[C@@H](c4ccccc42)[C@H]2C(=O)N(c4cccc5ccccc45)C(=O)[C@@H]23)c1. The fourth-order valence-electron chi connectivity index (χ4n) is 7.43. The van der Waals surface area contributed by atoms with E-state index >= 15 is 0 Å². The van der Waals surface area contributed by atoms with E-state index < -0.39 is 17.3 Å². The molecule has 2 amide bonds. The number of anilines is 1. The smallest absolute Gasteiger partial charge is 0.239 e. The molecule has 11 rings (SSSR count). The molecule has 0 saturated carbocycles. The summed E-state index contributed by atoms with van der Waals surface area (Å²) >= 11 is 0. The van der Waals surface area contributed by atoms with Crippen LogP contribution in [0.15, 0.2) is 120 Å². The van der Waals surface area contributed by atoms with Gasteiger partial charge in [0, 0.05) is 23.6 Å². The van der Waals surface area contributed by atoms with Crippen molar-refractivity contribution in [2.24, 2.45) is 16.8 Å². The standard InChI is InChI=1S/C36H26N2O3/c1-41-26-11-7-10-25(20-26)37-21-36-24-18-16-23(17-19-24)31(28-13-4-5-14-29(28)36)32-33(36)35(40)38(34(32)39)30-15-6-9-22-8-2-3-12-27(22)30/h2-21,31-33H,1H3/t31-,32+,33+,36+/m0/s1. The minimum absolute atomic E-state index is 0.155. The van der Waals surface area contributed by atoms with Crippen LogP contribution in [0.4, 0.5) is 11.4 Å². The van der Waals surface area contributed by atoms with Gasteiger partial charge in [0.25, 0.3) is 0 Å². The van der Waals surface area contributed by atoms with Crippen molar-refractivity contribution in [3.05, 3.63) is 138 Å². The monoisotopic (exact) mass is 534 g/mol. The molecule has 1 saturated heterocycles. The largest absolute Gasteiger partial charge is 0.497 e. The Labute approximate surface area is 237 Å².